The van der Waals surface area contributed by atoms with E-state index in [1.165, 1.54) is 5.56 Å². The van der Waals surface area contributed by atoms with Crippen LogP contribution >= 0.6 is 0 Å². The number of H-pyrrole nitrogens is 1. The van der Waals surface area contributed by atoms with Crippen LogP contribution in [0, 0.1) is 0 Å². The Hall–Kier alpha value is -2.67. The van der Waals surface area contributed by atoms with Crippen molar-refractivity contribution in [2.45, 2.75) is 51.3 Å². The molecular weight excluding hydrogens is 342 g/mol. The second kappa shape index (κ2) is 6.81. The van der Waals surface area contributed by atoms with E-state index in [-0.39, 0.29) is 23.2 Å². The van der Waals surface area contributed by atoms with Crippen molar-refractivity contribution in [2.75, 3.05) is 11.9 Å². The molecule has 1 saturated heterocycles. The molecule has 0 radical (unpaired) electrons. The van der Waals surface area contributed by atoms with Gasteiger partial charge in [0.2, 0.25) is 5.95 Å². The van der Waals surface area contributed by atoms with Gasteiger partial charge in [-0.25, -0.2) is 4.68 Å². The van der Waals surface area contributed by atoms with E-state index < -0.39 is 0 Å². The summed E-state index contributed by atoms with van der Waals surface area (Å²) in [6.07, 6.45) is 3.32. The number of benzene rings is 1. The molecule has 0 saturated carbocycles. The Balaban J connectivity index is 1.59. The second-order valence-electron chi connectivity index (χ2n) is 8.01. The summed E-state index contributed by atoms with van der Waals surface area (Å²) in [5.41, 5.74) is 1.34. The third-order valence-corrected chi connectivity index (χ3v) is 4.87. The average molecular weight is 367 g/mol. The first kappa shape index (κ1) is 17.7. The Labute approximate surface area is 157 Å². The lowest BCUT2D eigenvalue weighted by Crippen LogP contribution is -2.31. The molecule has 2 unspecified atom stereocenters. The molecule has 0 spiro atoms. The molecule has 0 aliphatic carbocycles. The molecule has 7 heteroatoms. The number of anilines is 1. The fourth-order valence-electron chi connectivity index (χ4n) is 3.50. The summed E-state index contributed by atoms with van der Waals surface area (Å²) in [6.45, 7) is 6.79. The molecule has 2 N–H and O–H groups in total. The molecule has 0 amide bonds. The van der Waals surface area contributed by atoms with E-state index in [0.717, 1.165) is 12.8 Å². The summed E-state index contributed by atoms with van der Waals surface area (Å²) < 4.78 is 7.72. The molecule has 4 rings (SSSR count). The largest absolute Gasteiger partial charge is 0.373 e. The Morgan fingerprint density at radius 1 is 1.26 bits per heavy atom. The summed E-state index contributed by atoms with van der Waals surface area (Å²) in [4.78, 5) is 19.9. The van der Waals surface area contributed by atoms with E-state index in [2.05, 4.69) is 32.5 Å². The fraction of sp³-hybridized carbons (Fsp3) is 0.450. The minimum absolute atomic E-state index is 0.0491. The molecule has 3 aromatic rings. The van der Waals surface area contributed by atoms with Gasteiger partial charge in [-0.1, -0.05) is 30.3 Å². The van der Waals surface area contributed by atoms with E-state index in [4.69, 9.17) is 4.74 Å². The van der Waals surface area contributed by atoms with Crippen molar-refractivity contribution >= 4 is 17.0 Å². The summed E-state index contributed by atoms with van der Waals surface area (Å²) in [6, 6.07) is 10.4. The predicted molar refractivity (Wildman–Crippen MR) is 105 cm³/mol. The van der Waals surface area contributed by atoms with E-state index in [1.54, 1.807) is 10.9 Å². The van der Waals surface area contributed by atoms with Gasteiger partial charge in [0.25, 0.3) is 5.56 Å². The third kappa shape index (κ3) is 3.60. The van der Waals surface area contributed by atoms with Crippen LogP contribution in [0.1, 0.15) is 45.3 Å². The van der Waals surface area contributed by atoms with E-state index in [9.17, 15) is 4.79 Å². The molecule has 142 valence electrons. The SMILES string of the molecule is CC(C)(C)n1ncc2c(=O)[nH]c(NC3CCOC(c4ccccc4)C3)nc21. The topological polar surface area (TPSA) is 84.8 Å². The monoisotopic (exact) mass is 367 g/mol. The minimum Gasteiger partial charge on any atom is -0.373 e. The number of fused-ring (bicyclic) bond motifs is 1. The standard InChI is InChI=1S/C20H25N5O2/c1-20(2,3)25-17-15(12-21-25)18(26)24-19(23-17)22-14-9-10-27-16(11-14)13-7-5-4-6-8-13/h4-8,12,14,16H,9-11H2,1-3H3,(H2,22,23,24,26). The number of nitrogens with zero attached hydrogens (tertiary/aromatic N) is 3. The summed E-state index contributed by atoms with van der Waals surface area (Å²) in [5.74, 6) is 0.484. The van der Waals surface area contributed by atoms with Gasteiger partial charge in [-0.05, 0) is 39.2 Å². The average Bonchev–Trinajstić information content (AvgIpc) is 3.08. The van der Waals surface area contributed by atoms with E-state index in [1.807, 2.05) is 39.0 Å². The molecule has 1 aromatic carbocycles. The maximum Gasteiger partial charge on any atom is 0.263 e. The zero-order valence-corrected chi connectivity index (χ0v) is 15.9. The lowest BCUT2D eigenvalue weighted by atomic mass is 9.97. The molecular formula is C20H25N5O2. The van der Waals surface area contributed by atoms with Crippen LogP contribution in [0.5, 0.6) is 0 Å². The number of hydrogen-bond donors (Lipinski definition) is 2. The van der Waals surface area contributed by atoms with Crippen molar-refractivity contribution in [1.82, 2.24) is 19.7 Å². The maximum atomic E-state index is 12.5. The molecule has 2 aromatic heterocycles. The molecule has 1 fully saturated rings. The van der Waals surface area contributed by atoms with Crippen molar-refractivity contribution in [3.05, 3.63) is 52.4 Å². The molecule has 27 heavy (non-hydrogen) atoms. The van der Waals surface area contributed by atoms with Gasteiger partial charge < -0.3 is 10.1 Å². The molecule has 3 heterocycles. The van der Waals surface area contributed by atoms with Crippen LogP contribution in [-0.4, -0.2) is 32.4 Å². The van der Waals surface area contributed by atoms with Crippen LogP contribution in [0.25, 0.3) is 11.0 Å². The fourth-order valence-corrected chi connectivity index (χ4v) is 3.50. The number of nitrogens with one attached hydrogen (secondary N) is 2. The predicted octanol–water partition coefficient (Wildman–Crippen LogP) is 3.21. The normalized spacial score (nSPS) is 20.7. The van der Waals surface area contributed by atoms with Crippen LogP contribution in [0.3, 0.4) is 0 Å². The lowest BCUT2D eigenvalue weighted by Gasteiger charge is -2.30. The summed E-state index contributed by atoms with van der Waals surface area (Å²) in [5, 5.41) is 8.25. The number of aromatic amines is 1. The van der Waals surface area contributed by atoms with Gasteiger partial charge in [-0.3, -0.25) is 9.78 Å². The minimum atomic E-state index is -0.253. The Kier molecular flexibility index (Phi) is 4.47. The van der Waals surface area contributed by atoms with Gasteiger partial charge in [0.15, 0.2) is 5.65 Å². The van der Waals surface area contributed by atoms with Crippen LogP contribution in [0.2, 0.25) is 0 Å². The Morgan fingerprint density at radius 3 is 2.78 bits per heavy atom. The van der Waals surface area contributed by atoms with Gasteiger partial charge >= 0.3 is 0 Å². The zero-order valence-electron chi connectivity index (χ0n) is 15.9. The number of ether oxygens (including phenoxy) is 1. The highest BCUT2D eigenvalue weighted by Crippen LogP contribution is 2.29. The highest BCUT2D eigenvalue weighted by atomic mass is 16.5. The maximum absolute atomic E-state index is 12.5. The van der Waals surface area contributed by atoms with Crippen molar-refractivity contribution in [3.63, 3.8) is 0 Å². The second-order valence-corrected chi connectivity index (χ2v) is 8.01. The summed E-state index contributed by atoms with van der Waals surface area (Å²) >= 11 is 0. The van der Waals surface area contributed by atoms with E-state index >= 15 is 0 Å². The van der Waals surface area contributed by atoms with Gasteiger partial charge in [-0.15, -0.1) is 0 Å². The highest BCUT2D eigenvalue weighted by molar-refractivity contribution is 5.74. The van der Waals surface area contributed by atoms with Gasteiger partial charge in [0.1, 0.15) is 5.39 Å². The third-order valence-electron chi connectivity index (χ3n) is 4.87. The molecule has 0 bridgehead atoms. The van der Waals surface area contributed by atoms with Gasteiger partial charge in [-0.2, -0.15) is 10.1 Å². The Bertz CT molecular complexity index is 987. The number of hydrogen-bond acceptors (Lipinski definition) is 5. The van der Waals surface area contributed by atoms with Crippen molar-refractivity contribution in [3.8, 4) is 0 Å². The van der Waals surface area contributed by atoms with Crippen LogP contribution in [-0.2, 0) is 10.3 Å². The van der Waals surface area contributed by atoms with E-state index in [0.29, 0.717) is 23.6 Å². The molecule has 1 aliphatic heterocycles. The van der Waals surface area contributed by atoms with Gasteiger partial charge in [0, 0.05) is 12.6 Å². The number of aromatic nitrogens is 4. The van der Waals surface area contributed by atoms with Gasteiger partial charge in [0.05, 0.1) is 17.8 Å². The highest BCUT2D eigenvalue weighted by Gasteiger charge is 2.25. The first-order valence-electron chi connectivity index (χ1n) is 9.33. The quantitative estimate of drug-likeness (QED) is 0.742. The first-order chi connectivity index (χ1) is 12.9. The first-order valence-corrected chi connectivity index (χ1v) is 9.33. The van der Waals surface area contributed by atoms with Crippen molar-refractivity contribution < 1.29 is 4.74 Å². The van der Waals surface area contributed by atoms with Crippen LogP contribution < -0.4 is 10.9 Å². The van der Waals surface area contributed by atoms with Crippen molar-refractivity contribution in [1.29, 1.82) is 0 Å². The number of rotatable bonds is 3. The lowest BCUT2D eigenvalue weighted by molar-refractivity contribution is 0.00969. The van der Waals surface area contributed by atoms with Crippen molar-refractivity contribution in [2.24, 2.45) is 0 Å². The van der Waals surface area contributed by atoms with Crippen LogP contribution in [0.15, 0.2) is 41.3 Å². The Morgan fingerprint density at radius 2 is 2.04 bits per heavy atom. The molecule has 7 nitrogen and oxygen atoms in total. The molecule has 1 aliphatic rings. The zero-order chi connectivity index (χ0) is 19.0. The smallest absolute Gasteiger partial charge is 0.263 e. The summed E-state index contributed by atoms with van der Waals surface area (Å²) in [7, 11) is 0. The van der Waals surface area contributed by atoms with Crippen LogP contribution in [0.4, 0.5) is 5.95 Å². The molecule has 2 atom stereocenters.